The summed E-state index contributed by atoms with van der Waals surface area (Å²) in [6.45, 7) is 1.25. The maximum absolute atomic E-state index is 11.3. The van der Waals surface area contributed by atoms with Crippen LogP contribution in [-0.4, -0.2) is 35.7 Å². The molecule has 1 atom stereocenters. The van der Waals surface area contributed by atoms with Crippen molar-refractivity contribution in [3.05, 3.63) is 27.7 Å². The summed E-state index contributed by atoms with van der Waals surface area (Å²) in [5, 5.41) is 10.3. The van der Waals surface area contributed by atoms with Crippen LogP contribution in [-0.2, 0) is 11.3 Å². The van der Waals surface area contributed by atoms with Crippen molar-refractivity contribution in [3.63, 3.8) is 0 Å². The molecule has 110 valence electrons. The second kappa shape index (κ2) is 6.66. The molecule has 2 rings (SSSR count). The second-order valence-corrected chi connectivity index (χ2v) is 5.71. The number of hydrogen-bond acceptors (Lipinski definition) is 3. The van der Waals surface area contributed by atoms with E-state index in [0.29, 0.717) is 28.8 Å². The number of carbonyl (C=O) groups is 1. The van der Waals surface area contributed by atoms with Gasteiger partial charge in [-0.25, -0.2) is 0 Å². The molecule has 4 nitrogen and oxygen atoms in total. The van der Waals surface area contributed by atoms with E-state index in [9.17, 15) is 9.90 Å². The van der Waals surface area contributed by atoms with E-state index in [-0.39, 0.29) is 0 Å². The number of hydrogen-bond donors (Lipinski definition) is 1. The van der Waals surface area contributed by atoms with Crippen molar-refractivity contribution < 1.29 is 14.6 Å². The number of halogens is 2. The van der Waals surface area contributed by atoms with Crippen LogP contribution in [0.1, 0.15) is 24.8 Å². The minimum absolute atomic E-state index is 0.444. The number of carboxylic acids is 1. The van der Waals surface area contributed by atoms with Gasteiger partial charge in [-0.15, -0.1) is 0 Å². The van der Waals surface area contributed by atoms with Crippen LogP contribution in [0.5, 0.6) is 5.75 Å². The zero-order valence-corrected chi connectivity index (χ0v) is 12.7. The van der Waals surface area contributed by atoms with Gasteiger partial charge in [0.1, 0.15) is 11.8 Å². The summed E-state index contributed by atoms with van der Waals surface area (Å²) in [4.78, 5) is 13.2. The lowest BCUT2D eigenvalue weighted by Gasteiger charge is -2.33. The van der Waals surface area contributed by atoms with Gasteiger partial charge in [-0.3, -0.25) is 9.69 Å². The van der Waals surface area contributed by atoms with Crippen molar-refractivity contribution in [2.45, 2.75) is 31.8 Å². The highest BCUT2D eigenvalue weighted by atomic mass is 35.5. The van der Waals surface area contributed by atoms with Crippen LogP contribution in [0.15, 0.2) is 12.1 Å². The highest BCUT2D eigenvalue weighted by Crippen LogP contribution is 2.32. The van der Waals surface area contributed by atoms with E-state index in [1.165, 1.54) is 7.11 Å². The maximum Gasteiger partial charge on any atom is 0.320 e. The molecule has 1 aliphatic rings. The highest BCUT2D eigenvalue weighted by molar-refractivity contribution is 6.34. The molecule has 1 N–H and O–H groups in total. The predicted octanol–water partition coefficient (Wildman–Crippen LogP) is 3.44. The molecule has 1 saturated heterocycles. The average Bonchev–Trinajstić information content (AvgIpc) is 2.42. The summed E-state index contributed by atoms with van der Waals surface area (Å²) in [6.07, 6.45) is 2.63. The number of aliphatic carboxylic acids is 1. The molecule has 1 aromatic carbocycles. The average molecular weight is 318 g/mol. The van der Waals surface area contributed by atoms with Gasteiger partial charge in [0.2, 0.25) is 0 Å². The normalized spacial score (nSPS) is 19.9. The molecule has 1 fully saturated rings. The first kappa shape index (κ1) is 15.4. The molecular weight excluding hydrogens is 301 g/mol. The zero-order valence-electron chi connectivity index (χ0n) is 11.2. The minimum Gasteiger partial charge on any atom is -0.495 e. The summed E-state index contributed by atoms with van der Waals surface area (Å²) >= 11 is 12.3. The summed E-state index contributed by atoms with van der Waals surface area (Å²) in [5.41, 5.74) is 0.825. The Kier molecular flexibility index (Phi) is 5.13. The van der Waals surface area contributed by atoms with Crippen molar-refractivity contribution in [2.75, 3.05) is 13.7 Å². The molecule has 0 bridgehead atoms. The van der Waals surface area contributed by atoms with E-state index in [1.807, 2.05) is 4.90 Å². The predicted molar refractivity (Wildman–Crippen MR) is 78.7 cm³/mol. The monoisotopic (exact) mass is 317 g/mol. The van der Waals surface area contributed by atoms with E-state index < -0.39 is 12.0 Å². The number of methoxy groups -OCH3 is 1. The summed E-state index contributed by atoms with van der Waals surface area (Å²) in [5.74, 6) is -0.255. The molecule has 0 spiro atoms. The number of ether oxygens (including phenoxy) is 1. The van der Waals surface area contributed by atoms with Crippen LogP contribution in [0.3, 0.4) is 0 Å². The van der Waals surface area contributed by atoms with E-state index in [1.54, 1.807) is 12.1 Å². The van der Waals surface area contributed by atoms with Gasteiger partial charge >= 0.3 is 5.97 Å². The molecule has 20 heavy (non-hydrogen) atoms. The number of benzene rings is 1. The third-order valence-corrected chi connectivity index (χ3v) is 4.24. The van der Waals surface area contributed by atoms with E-state index in [0.717, 1.165) is 24.9 Å². The van der Waals surface area contributed by atoms with Gasteiger partial charge in [0.15, 0.2) is 0 Å². The third-order valence-electron chi connectivity index (χ3n) is 3.59. The van der Waals surface area contributed by atoms with Crippen LogP contribution in [0.25, 0.3) is 0 Å². The van der Waals surface area contributed by atoms with Gasteiger partial charge in [0.05, 0.1) is 12.1 Å². The SMILES string of the molecule is COc1cc(Cl)c(CN2CCCCC2C(=O)O)cc1Cl. The van der Waals surface area contributed by atoms with Gasteiger partial charge in [-0.05, 0) is 31.0 Å². The van der Waals surface area contributed by atoms with Crippen LogP contribution in [0.4, 0.5) is 0 Å². The highest BCUT2D eigenvalue weighted by Gasteiger charge is 2.28. The molecule has 0 amide bonds. The Bertz CT molecular complexity index is 507. The lowest BCUT2D eigenvalue weighted by Crippen LogP contribution is -2.44. The second-order valence-electron chi connectivity index (χ2n) is 4.90. The van der Waals surface area contributed by atoms with Gasteiger partial charge in [0.25, 0.3) is 0 Å². The van der Waals surface area contributed by atoms with Crippen molar-refractivity contribution in [1.82, 2.24) is 4.90 Å². The number of piperidine rings is 1. The lowest BCUT2D eigenvalue weighted by molar-refractivity contribution is -0.144. The first-order valence-corrected chi connectivity index (χ1v) is 7.27. The van der Waals surface area contributed by atoms with Crippen molar-refractivity contribution >= 4 is 29.2 Å². The number of likely N-dealkylation sites (tertiary alicyclic amines) is 1. The summed E-state index contributed by atoms with van der Waals surface area (Å²) in [7, 11) is 1.53. The Morgan fingerprint density at radius 2 is 2.15 bits per heavy atom. The first-order valence-electron chi connectivity index (χ1n) is 6.51. The van der Waals surface area contributed by atoms with Crippen LogP contribution in [0.2, 0.25) is 10.0 Å². The largest absolute Gasteiger partial charge is 0.495 e. The summed E-state index contributed by atoms with van der Waals surface area (Å²) in [6, 6.07) is 2.97. The van der Waals surface area contributed by atoms with Crippen molar-refractivity contribution in [3.8, 4) is 5.75 Å². The van der Waals surface area contributed by atoms with E-state index in [2.05, 4.69) is 0 Å². The molecule has 0 aromatic heterocycles. The molecular formula is C14H17Cl2NO3. The van der Waals surface area contributed by atoms with E-state index in [4.69, 9.17) is 27.9 Å². The van der Waals surface area contributed by atoms with Crippen molar-refractivity contribution in [1.29, 1.82) is 0 Å². The number of rotatable bonds is 4. The van der Waals surface area contributed by atoms with Gasteiger partial charge < -0.3 is 9.84 Å². The Labute approximate surface area is 128 Å². The quantitative estimate of drug-likeness (QED) is 0.924. The fourth-order valence-corrected chi connectivity index (χ4v) is 3.00. The first-order chi connectivity index (χ1) is 9.52. The molecule has 1 unspecified atom stereocenters. The molecule has 0 aliphatic carbocycles. The molecule has 1 heterocycles. The Hall–Kier alpha value is -0.970. The smallest absolute Gasteiger partial charge is 0.320 e. The molecule has 1 aromatic rings. The van der Waals surface area contributed by atoms with Gasteiger partial charge in [0, 0.05) is 17.6 Å². The fourth-order valence-electron chi connectivity index (χ4n) is 2.53. The molecule has 1 aliphatic heterocycles. The zero-order chi connectivity index (χ0) is 14.7. The van der Waals surface area contributed by atoms with Crippen LogP contribution in [0, 0.1) is 0 Å². The lowest BCUT2D eigenvalue weighted by atomic mass is 10.0. The standard InChI is InChI=1S/C14H17Cl2NO3/c1-20-13-7-10(15)9(6-11(13)16)8-17-5-3-2-4-12(17)14(18)19/h6-7,12H,2-5,8H2,1H3,(H,18,19). The Morgan fingerprint density at radius 1 is 1.40 bits per heavy atom. The topological polar surface area (TPSA) is 49.8 Å². The summed E-state index contributed by atoms with van der Waals surface area (Å²) < 4.78 is 5.11. The van der Waals surface area contributed by atoms with Crippen LogP contribution < -0.4 is 4.74 Å². The fraction of sp³-hybridized carbons (Fsp3) is 0.500. The minimum atomic E-state index is -0.777. The van der Waals surface area contributed by atoms with E-state index >= 15 is 0 Å². The molecule has 0 saturated carbocycles. The Morgan fingerprint density at radius 3 is 2.80 bits per heavy atom. The molecule has 6 heteroatoms. The number of nitrogens with zero attached hydrogens (tertiary/aromatic N) is 1. The van der Waals surface area contributed by atoms with Gasteiger partial charge in [-0.1, -0.05) is 29.6 Å². The maximum atomic E-state index is 11.3. The third kappa shape index (κ3) is 3.37. The Balaban J connectivity index is 2.20. The van der Waals surface area contributed by atoms with Gasteiger partial charge in [-0.2, -0.15) is 0 Å². The van der Waals surface area contributed by atoms with Crippen molar-refractivity contribution in [2.24, 2.45) is 0 Å². The number of carboxylic acid groups (broad SMARTS) is 1. The molecule has 0 radical (unpaired) electrons. The van der Waals surface area contributed by atoms with Crippen LogP contribution >= 0.6 is 23.2 Å².